The third-order valence-electron chi connectivity index (χ3n) is 3.66. The lowest BCUT2D eigenvalue weighted by Gasteiger charge is -2.20. The maximum Gasteiger partial charge on any atom is 0.133 e. The maximum atomic E-state index is 5.45. The van der Waals surface area contributed by atoms with Gasteiger partial charge in [0.2, 0.25) is 0 Å². The predicted molar refractivity (Wildman–Crippen MR) is 65.1 cm³/mol. The maximum absolute atomic E-state index is 5.45. The lowest BCUT2D eigenvalue weighted by Crippen LogP contribution is -2.34. The Balaban J connectivity index is 1.79. The fourth-order valence-electron chi connectivity index (χ4n) is 2.71. The lowest BCUT2D eigenvalue weighted by atomic mass is 10.2. The van der Waals surface area contributed by atoms with E-state index in [2.05, 4.69) is 20.6 Å². The number of hydrogen-bond donors (Lipinski definition) is 2. The van der Waals surface area contributed by atoms with Crippen LogP contribution in [0.5, 0.6) is 0 Å². The average Bonchev–Trinajstić information content (AvgIpc) is 2.97. The van der Waals surface area contributed by atoms with Crippen molar-refractivity contribution in [3.05, 3.63) is 17.6 Å². The highest BCUT2D eigenvalue weighted by molar-refractivity contribution is 5.49. The first kappa shape index (κ1) is 10.9. The van der Waals surface area contributed by atoms with Crippen LogP contribution in [0.15, 0.2) is 6.33 Å². The number of anilines is 1. The van der Waals surface area contributed by atoms with Crippen molar-refractivity contribution in [1.82, 2.24) is 15.3 Å². The Morgan fingerprint density at radius 2 is 2.29 bits per heavy atom. The molecule has 0 amide bonds. The van der Waals surface area contributed by atoms with Crippen molar-refractivity contribution in [3.8, 4) is 0 Å². The minimum Gasteiger partial charge on any atom is -0.378 e. The van der Waals surface area contributed by atoms with Gasteiger partial charge < -0.3 is 15.4 Å². The van der Waals surface area contributed by atoms with Gasteiger partial charge in [-0.15, -0.1) is 0 Å². The number of methoxy groups -OCH3 is 1. The summed E-state index contributed by atoms with van der Waals surface area (Å²) in [6, 6.07) is 0.305. The molecule has 2 aliphatic rings. The zero-order valence-electron chi connectivity index (χ0n) is 10.1. The van der Waals surface area contributed by atoms with Gasteiger partial charge in [0.25, 0.3) is 0 Å². The predicted octanol–water partition coefficient (Wildman–Crippen LogP) is 0.364. The van der Waals surface area contributed by atoms with E-state index in [0.717, 1.165) is 31.7 Å². The fourth-order valence-corrected chi connectivity index (χ4v) is 2.71. The summed E-state index contributed by atoms with van der Waals surface area (Å²) in [5.41, 5.74) is 2.51. The summed E-state index contributed by atoms with van der Waals surface area (Å²) < 4.78 is 5.45. The van der Waals surface area contributed by atoms with E-state index in [4.69, 9.17) is 4.74 Å². The fraction of sp³-hybridized carbons (Fsp3) is 0.667. The van der Waals surface area contributed by atoms with E-state index in [0.29, 0.717) is 6.04 Å². The first-order valence-corrected chi connectivity index (χ1v) is 6.21. The minimum absolute atomic E-state index is 0.224. The minimum atomic E-state index is 0.224. The molecule has 0 bridgehead atoms. The van der Waals surface area contributed by atoms with Crippen LogP contribution in [0.2, 0.25) is 0 Å². The first-order valence-electron chi connectivity index (χ1n) is 6.21. The highest BCUT2D eigenvalue weighted by atomic mass is 16.5. The number of nitrogens with zero attached hydrogens (tertiary/aromatic N) is 2. The van der Waals surface area contributed by atoms with Crippen LogP contribution in [0.25, 0.3) is 0 Å². The second-order valence-corrected chi connectivity index (χ2v) is 4.68. The first-order chi connectivity index (χ1) is 8.38. The van der Waals surface area contributed by atoms with E-state index in [1.165, 1.54) is 17.7 Å². The summed E-state index contributed by atoms with van der Waals surface area (Å²) in [5, 5.41) is 6.83. The number of fused-ring (bicyclic) bond motifs is 1. The highest BCUT2D eigenvalue weighted by Gasteiger charge is 2.28. The molecule has 1 saturated heterocycles. The van der Waals surface area contributed by atoms with Gasteiger partial charge in [0, 0.05) is 31.5 Å². The molecule has 0 aromatic carbocycles. The van der Waals surface area contributed by atoms with Crippen LogP contribution in [0, 0.1) is 0 Å². The second kappa shape index (κ2) is 4.58. The summed E-state index contributed by atoms with van der Waals surface area (Å²) in [6.07, 6.45) is 5.26. The second-order valence-electron chi connectivity index (χ2n) is 4.68. The zero-order valence-corrected chi connectivity index (χ0v) is 10.1. The van der Waals surface area contributed by atoms with Crippen molar-refractivity contribution < 1.29 is 4.74 Å². The topological polar surface area (TPSA) is 59.1 Å². The van der Waals surface area contributed by atoms with Crippen LogP contribution in [0.3, 0.4) is 0 Å². The SMILES string of the molecule is CO[C@H]1CNCC1Nc1ncnc2c1CCC2. The van der Waals surface area contributed by atoms with Crippen molar-refractivity contribution in [2.24, 2.45) is 0 Å². The average molecular weight is 234 g/mol. The summed E-state index contributed by atoms with van der Waals surface area (Å²) in [6.45, 7) is 1.83. The van der Waals surface area contributed by atoms with Crippen LogP contribution in [-0.4, -0.2) is 42.3 Å². The molecule has 0 spiro atoms. The molecule has 0 radical (unpaired) electrons. The molecular weight excluding hydrogens is 216 g/mol. The highest BCUT2D eigenvalue weighted by Crippen LogP contribution is 2.26. The van der Waals surface area contributed by atoms with Crippen molar-refractivity contribution in [3.63, 3.8) is 0 Å². The largest absolute Gasteiger partial charge is 0.378 e. The number of hydrogen-bond acceptors (Lipinski definition) is 5. The molecule has 1 aliphatic heterocycles. The van der Waals surface area contributed by atoms with Gasteiger partial charge in [-0.2, -0.15) is 0 Å². The van der Waals surface area contributed by atoms with Gasteiger partial charge in [-0.25, -0.2) is 9.97 Å². The number of aryl methyl sites for hydroxylation is 1. The number of rotatable bonds is 3. The monoisotopic (exact) mass is 234 g/mol. The smallest absolute Gasteiger partial charge is 0.133 e. The molecule has 5 nitrogen and oxygen atoms in total. The van der Waals surface area contributed by atoms with Crippen LogP contribution >= 0.6 is 0 Å². The number of ether oxygens (including phenoxy) is 1. The molecule has 1 fully saturated rings. The molecule has 2 N–H and O–H groups in total. The standard InChI is InChI=1S/C12H18N4O/c1-17-11-6-13-5-10(11)16-12-8-3-2-4-9(8)14-7-15-12/h7,10-11,13H,2-6H2,1H3,(H,14,15,16)/t10?,11-/m0/s1. The quantitative estimate of drug-likeness (QED) is 0.791. The molecule has 2 heterocycles. The van der Waals surface area contributed by atoms with Crippen LogP contribution in [0.1, 0.15) is 17.7 Å². The van der Waals surface area contributed by atoms with Gasteiger partial charge in [0.15, 0.2) is 0 Å². The summed E-state index contributed by atoms with van der Waals surface area (Å²) >= 11 is 0. The molecular formula is C12H18N4O. The van der Waals surface area contributed by atoms with E-state index < -0.39 is 0 Å². The molecule has 1 aromatic rings. The van der Waals surface area contributed by atoms with Crippen LogP contribution in [-0.2, 0) is 17.6 Å². The molecule has 1 unspecified atom stereocenters. The normalized spacial score (nSPS) is 27.1. The van der Waals surface area contributed by atoms with E-state index in [9.17, 15) is 0 Å². The van der Waals surface area contributed by atoms with Gasteiger partial charge in [0.1, 0.15) is 12.1 Å². The lowest BCUT2D eigenvalue weighted by molar-refractivity contribution is 0.111. The van der Waals surface area contributed by atoms with Crippen molar-refractivity contribution in [2.75, 3.05) is 25.5 Å². The Labute approximate surface area is 101 Å². The van der Waals surface area contributed by atoms with Crippen molar-refractivity contribution in [1.29, 1.82) is 0 Å². The van der Waals surface area contributed by atoms with Gasteiger partial charge in [-0.05, 0) is 19.3 Å². The molecule has 3 rings (SSSR count). The summed E-state index contributed by atoms with van der Waals surface area (Å²) in [5.74, 6) is 1.00. The Morgan fingerprint density at radius 3 is 3.18 bits per heavy atom. The zero-order chi connectivity index (χ0) is 11.7. The molecule has 92 valence electrons. The molecule has 1 aliphatic carbocycles. The van der Waals surface area contributed by atoms with E-state index in [1.807, 2.05) is 0 Å². The van der Waals surface area contributed by atoms with Gasteiger partial charge >= 0.3 is 0 Å². The third-order valence-corrected chi connectivity index (χ3v) is 3.66. The Kier molecular flexibility index (Phi) is 2.94. The molecule has 1 aromatic heterocycles. The Bertz CT molecular complexity index is 409. The Hall–Kier alpha value is -1.20. The Morgan fingerprint density at radius 1 is 1.35 bits per heavy atom. The van der Waals surface area contributed by atoms with Gasteiger partial charge in [-0.1, -0.05) is 0 Å². The van der Waals surface area contributed by atoms with Crippen LogP contribution < -0.4 is 10.6 Å². The van der Waals surface area contributed by atoms with Gasteiger partial charge in [0.05, 0.1) is 12.1 Å². The summed E-state index contributed by atoms with van der Waals surface area (Å²) in [7, 11) is 1.76. The summed E-state index contributed by atoms with van der Waals surface area (Å²) in [4.78, 5) is 8.71. The van der Waals surface area contributed by atoms with Crippen molar-refractivity contribution in [2.45, 2.75) is 31.4 Å². The molecule has 17 heavy (non-hydrogen) atoms. The van der Waals surface area contributed by atoms with Gasteiger partial charge in [-0.3, -0.25) is 0 Å². The number of nitrogens with one attached hydrogen (secondary N) is 2. The third kappa shape index (κ3) is 2.00. The van der Waals surface area contributed by atoms with E-state index in [-0.39, 0.29) is 6.10 Å². The van der Waals surface area contributed by atoms with E-state index >= 15 is 0 Å². The number of aromatic nitrogens is 2. The molecule has 0 saturated carbocycles. The van der Waals surface area contributed by atoms with Crippen LogP contribution in [0.4, 0.5) is 5.82 Å². The van der Waals surface area contributed by atoms with Crippen molar-refractivity contribution >= 4 is 5.82 Å². The molecule has 2 atom stereocenters. The molecule has 5 heteroatoms. The van der Waals surface area contributed by atoms with E-state index in [1.54, 1.807) is 13.4 Å².